The maximum atomic E-state index is 5.06. The molecule has 5 aromatic rings. The van der Waals surface area contributed by atoms with Crippen LogP contribution in [0.4, 0.5) is 5.82 Å². The fraction of sp³-hybridized carbons (Fsp3) is 0.261. The van der Waals surface area contributed by atoms with Crippen molar-refractivity contribution in [3.63, 3.8) is 0 Å². The molecule has 1 aromatic carbocycles. The van der Waals surface area contributed by atoms with Crippen LogP contribution < -0.4 is 10.6 Å². The van der Waals surface area contributed by atoms with Gasteiger partial charge in [0.05, 0.1) is 17.4 Å². The van der Waals surface area contributed by atoms with Crippen LogP contribution in [-0.2, 0) is 6.54 Å². The second kappa shape index (κ2) is 8.01. The number of pyridine rings is 1. The summed E-state index contributed by atoms with van der Waals surface area (Å²) in [7, 11) is 0. The summed E-state index contributed by atoms with van der Waals surface area (Å²) < 4.78 is 3.67. The van der Waals surface area contributed by atoms with Crippen molar-refractivity contribution in [2.75, 3.05) is 18.4 Å². The first-order valence-electron chi connectivity index (χ1n) is 10.9. The Hall–Kier alpha value is -3.85. The zero-order valence-corrected chi connectivity index (χ0v) is 17.5. The lowest BCUT2D eigenvalue weighted by Crippen LogP contribution is -2.29. The van der Waals surface area contributed by atoms with Crippen molar-refractivity contribution < 1.29 is 0 Å². The van der Waals surface area contributed by atoms with E-state index in [1.54, 1.807) is 6.20 Å². The Kier molecular flexibility index (Phi) is 4.73. The van der Waals surface area contributed by atoms with Crippen molar-refractivity contribution in [3.05, 3.63) is 72.3 Å². The van der Waals surface area contributed by atoms with Gasteiger partial charge in [0, 0.05) is 37.5 Å². The van der Waals surface area contributed by atoms with Gasteiger partial charge in [-0.05, 0) is 43.1 Å². The number of fused-ring (bicyclic) bond motifs is 2. The molecule has 2 N–H and O–H groups in total. The smallest absolute Gasteiger partial charge is 0.183 e. The second-order valence-electron chi connectivity index (χ2n) is 8.08. The predicted octanol–water partition coefficient (Wildman–Crippen LogP) is 2.94. The van der Waals surface area contributed by atoms with Crippen molar-refractivity contribution in [2.24, 2.45) is 0 Å². The summed E-state index contributed by atoms with van der Waals surface area (Å²) in [6, 6.07) is 14.0. The molecule has 1 unspecified atom stereocenters. The van der Waals surface area contributed by atoms with Gasteiger partial charge in [0.15, 0.2) is 5.65 Å². The molecule has 6 rings (SSSR count). The number of hydrogen-bond acceptors (Lipinski definition) is 7. The van der Waals surface area contributed by atoms with Crippen molar-refractivity contribution in [3.8, 4) is 5.69 Å². The summed E-state index contributed by atoms with van der Waals surface area (Å²) in [5, 5.41) is 20.4. The molecular weight excluding hydrogens is 402 g/mol. The topological polar surface area (TPSA) is 97.8 Å². The highest BCUT2D eigenvalue weighted by Gasteiger charge is 2.21. The number of aromatic nitrogens is 7. The minimum absolute atomic E-state index is 0.364. The summed E-state index contributed by atoms with van der Waals surface area (Å²) >= 11 is 0. The van der Waals surface area contributed by atoms with Crippen LogP contribution in [0.2, 0.25) is 0 Å². The predicted molar refractivity (Wildman–Crippen MR) is 122 cm³/mol. The maximum Gasteiger partial charge on any atom is 0.183 e. The average molecular weight is 426 g/mol. The highest BCUT2D eigenvalue weighted by Crippen LogP contribution is 2.28. The van der Waals surface area contributed by atoms with Gasteiger partial charge in [0.25, 0.3) is 0 Å². The van der Waals surface area contributed by atoms with Gasteiger partial charge < -0.3 is 10.6 Å². The van der Waals surface area contributed by atoms with E-state index in [0.717, 1.165) is 65.4 Å². The summed E-state index contributed by atoms with van der Waals surface area (Å²) in [4.78, 5) is 9.27. The molecule has 0 saturated carbocycles. The SMILES string of the molecule is c1cncc(CNc2cc(C3CCCNC3)nc3c(-n4nnc5ccccc54)cnn23)c1. The van der Waals surface area contributed by atoms with E-state index in [1.807, 2.05) is 51.9 Å². The third kappa shape index (κ3) is 3.36. The molecule has 5 heterocycles. The Bertz CT molecular complexity index is 1370. The monoisotopic (exact) mass is 425 g/mol. The van der Waals surface area contributed by atoms with E-state index in [-0.39, 0.29) is 0 Å². The average Bonchev–Trinajstić information content (AvgIpc) is 3.48. The van der Waals surface area contributed by atoms with Gasteiger partial charge >= 0.3 is 0 Å². The highest BCUT2D eigenvalue weighted by molar-refractivity contribution is 5.78. The Balaban J connectivity index is 1.47. The Morgan fingerprint density at radius 2 is 2.09 bits per heavy atom. The normalized spacial score (nSPS) is 16.6. The van der Waals surface area contributed by atoms with Crippen molar-refractivity contribution in [1.82, 2.24) is 39.9 Å². The van der Waals surface area contributed by atoms with E-state index < -0.39 is 0 Å². The number of hydrogen-bond donors (Lipinski definition) is 2. The van der Waals surface area contributed by atoms with Crippen LogP contribution in [0.5, 0.6) is 0 Å². The van der Waals surface area contributed by atoms with Gasteiger partial charge in [0.1, 0.15) is 17.0 Å². The number of benzene rings is 1. The Morgan fingerprint density at radius 1 is 1.12 bits per heavy atom. The van der Waals surface area contributed by atoms with Gasteiger partial charge in [-0.25, -0.2) is 9.67 Å². The number of nitrogens with zero attached hydrogens (tertiary/aromatic N) is 7. The first kappa shape index (κ1) is 18.9. The Labute approximate surface area is 184 Å². The standard InChI is InChI=1S/C23H23N9/c1-2-8-20-18(7-1)29-30-31(20)21-15-27-32-22(26-13-16-5-3-9-24-12-16)11-19(28-23(21)32)17-6-4-10-25-14-17/h1-3,5,7-9,11-12,15,17,25-26H,4,6,10,13-14H2. The molecule has 0 amide bonds. The number of piperidine rings is 1. The first-order chi connectivity index (χ1) is 15.9. The number of anilines is 1. The van der Waals surface area contributed by atoms with Crippen molar-refractivity contribution in [1.29, 1.82) is 0 Å². The van der Waals surface area contributed by atoms with E-state index in [9.17, 15) is 0 Å². The summed E-state index contributed by atoms with van der Waals surface area (Å²) in [6.07, 6.45) is 7.73. The van der Waals surface area contributed by atoms with E-state index in [1.165, 1.54) is 0 Å². The van der Waals surface area contributed by atoms with Gasteiger partial charge in [-0.1, -0.05) is 23.4 Å². The second-order valence-corrected chi connectivity index (χ2v) is 8.08. The van der Waals surface area contributed by atoms with E-state index in [0.29, 0.717) is 12.5 Å². The Morgan fingerprint density at radius 3 is 2.97 bits per heavy atom. The third-order valence-corrected chi connectivity index (χ3v) is 5.96. The van der Waals surface area contributed by atoms with Crippen LogP contribution >= 0.6 is 0 Å². The molecule has 1 saturated heterocycles. The molecule has 1 fully saturated rings. The lowest BCUT2D eigenvalue weighted by atomic mass is 9.96. The van der Waals surface area contributed by atoms with Crippen LogP contribution in [0, 0.1) is 0 Å². The molecule has 160 valence electrons. The molecule has 0 radical (unpaired) electrons. The van der Waals surface area contributed by atoms with Gasteiger partial charge in [0.2, 0.25) is 0 Å². The van der Waals surface area contributed by atoms with Crippen LogP contribution in [0.3, 0.4) is 0 Å². The maximum absolute atomic E-state index is 5.06. The lowest BCUT2D eigenvalue weighted by Gasteiger charge is -2.23. The third-order valence-electron chi connectivity index (χ3n) is 5.96. The zero-order valence-electron chi connectivity index (χ0n) is 17.5. The number of rotatable bonds is 5. The molecule has 32 heavy (non-hydrogen) atoms. The molecule has 1 atom stereocenters. The molecule has 1 aliphatic heterocycles. The fourth-order valence-corrected chi connectivity index (χ4v) is 4.30. The minimum atomic E-state index is 0.364. The molecule has 9 nitrogen and oxygen atoms in total. The quantitative estimate of drug-likeness (QED) is 0.447. The first-order valence-corrected chi connectivity index (χ1v) is 10.9. The molecule has 0 aliphatic carbocycles. The van der Waals surface area contributed by atoms with Gasteiger partial charge in [-0.3, -0.25) is 4.98 Å². The fourth-order valence-electron chi connectivity index (χ4n) is 4.30. The molecule has 4 aromatic heterocycles. The molecule has 0 spiro atoms. The lowest BCUT2D eigenvalue weighted by molar-refractivity contribution is 0.455. The van der Waals surface area contributed by atoms with Gasteiger partial charge in [-0.15, -0.1) is 5.10 Å². The van der Waals surface area contributed by atoms with Crippen molar-refractivity contribution >= 4 is 22.5 Å². The van der Waals surface area contributed by atoms with Crippen LogP contribution in [0.1, 0.15) is 30.0 Å². The molecule has 0 bridgehead atoms. The molecule has 1 aliphatic rings. The summed E-state index contributed by atoms with van der Waals surface area (Å²) in [5.74, 6) is 1.26. The minimum Gasteiger partial charge on any atom is -0.366 e. The largest absolute Gasteiger partial charge is 0.366 e. The van der Waals surface area contributed by atoms with Crippen molar-refractivity contribution in [2.45, 2.75) is 25.3 Å². The van der Waals surface area contributed by atoms with E-state index >= 15 is 0 Å². The summed E-state index contributed by atoms with van der Waals surface area (Å²) in [5.41, 5.74) is 5.51. The highest BCUT2D eigenvalue weighted by atomic mass is 15.4. The van der Waals surface area contributed by atoms with Crippen LogP contribution in [0.25, 0.3) is 22.4 Å². The molecular formula is C23H23N9. The van der Waals surface area contributed by atoms with Crippen LogP contribution in [-0.4, -0.2) is 47.7 Å². The summed E-state index contributed by atoms with van der Waals surface area (Å²) in [6.45, 7) is 2.64. The number of para-hydroxylation sites is 1. The molecule has 9 heteroatoms. The van der Waals surface area contributed by atoms with E-state index in [2.05, 4.69) is 43.2 Å². The van der Waals surface area contributed by atoms with Gasteiger partial charge in [-0.2, -0.15) is 9.61 Å². The zero-order chi connectivity index (χ0) is 21.3. The van der Waals surface area contributed by atoms with E-state index in [4.69, 9.17) is 4.98 Å². The van der Waals surface area contributed by atoms with Crippen LogP contribution in [0.15, 0.2) is 61.1 Å². The number of nitrogens with one attached hydrogen (secondary N) is 2.